The fourth-order valence-corrected chi connectivity index (χ4v) is 1.72. The van der Waals surface area contributed by atoms with Gasteiger partial charge in [0, 0.05) is 11.3 Å². The molecule has 0 spiro atoms. The molecule has 0 aliphatic carbocycles. The molecule has 14 heavy (non-hydrogen) atoms. The highest BCUT2D eigenvalue weighted by atomic mass is 32.2. The fraction of sp³-hybridized carbons (Fsp3) is 0.900. The van der Waals surface area contributed by atoms with Crippen LogP contribution in [0.25, 0.3) is 0 Å². The van der Waals surface area contributed by atoms with E-state index in [4.69, 9.17) is 5.11 Å². The predicted molar refractivity (Wildman–Crippen MR) is 61.5 cm³/mol. The topological polar surface area (TPSA) is 49.3 Å². The van der Waals surface area contributed by atoms with Crippen molar-refractivity contribution in [3.05, 3.63) is 0 Å². The minimum Gasteiger partial charge on any atom is -0.395 e. The van der Waals surface area contributed by atoms with Crippen LogP contribution < -0.4 is 5.32 Å². The van der Waals surface area contributed by atoms with E-state index < -0.39 is 0 Å². The van der Waals surface area contributed by atoms with Crippen LogP contribution in [0, 0.1) is 0 Å². The lowest BCUT2D eigenvalue weighted by Crippen LogP contribution is -2.34. The molecule has 0 aliphatic rings. The van der Waals surface area contributed by atoms with E-state index >= 15 is 0 Å². The van der Waals surface area contributed by atoms with Gasteiger partial charge >= 0.3 is 0 Å². The van der Waals surface area contributed by atoms with E-state index in [1.165, 1.54) is 11.8 Å². The Kier molecular flexibility index (Phi) is 7.99. The van der Waals surface area contributed by atoms with Crippen LogP contribution in [0.1, 0.15) is 33.6 Å². The zero-order valence-corrected chi connectivity index (χ0v) is 10.1. The number of aliphatic hydroxyl groups excluding tert-OH is 1. The maximum Gasteiger partial charge on any atom is 0.230 e. The summed E-state index contributed by atoms with van der Waals surface area (Å²) in [5.74, 6) is 0.506. The van der Waals surface area contributed by atoms with E-state index in [2.05, 4.69) is 12.2 Å². The van der Waals surface area contributed by atoms with Crippen molar-refractivity contribution < 1.29 is 9.90 Å². The molecule has 0 aromatic heterocycles. The lowest BCUT2D eigenvalue weighted by molar-refractivity contribution is -0.119. The van der Waals surface area contributed by atoms with Crippen molar-refractivity contribution in [3.63, 3.8) is 0 Å². The van der Waals surface area contributed by atoms with Crippen LogP contribution in [-0.2, 0) is 4.79 Å². The third kappa shape index (κ3) is 7.21. The number of nitrogens with one attached hydrogen (secondary N) is 1. The molecule has 0 saturated carbocycles. The summed E-state index contributed by atoms with van der Waals surface area (Å²) in [5.41, 5.74) is 0. The summed E-state index contributed by atoms with van der Waals surface area (Å²) in [6, 6.07) is 0.262. The molecule has 3 nitrogen and oxygen atoms in total. The number of carbonyl (C=O) groups is 1. The minimum absolute atomic E-state index is 0.0660. The van der Waals surface area contributed by atoms with Gasteiger partial charge in [-0.05, 0) is 13.3 Å². The van der Waals surface area contributed by atoms with E-state index in [1.54, 1.807) is 0 Å². The first-order chi connectivity index (χ1) is 6.60. The summed E-state index contributed by atoms with van der Waals surface area (Å²) in [5, 5.41) is 11.8. The maximum atomic E-state index is 11.3. The standard InChI is InChI=1S/C10H21NO2S/c1-4-5-8(2)11-10(13)7-14-9(3)6-12/h8-9,12H,4-7H2,1-3H3,(H,11,13). The zero-order valence-electron chi connectivity index (χ0n) is 9.25. The summed E-state index contributed by atoms with van der Waals surface area (Å²) in [7, 11) is 0. The van der Waals surface area contributed by atoms with Crippen LogP contribution in [0.4, 0.5) is 0 Å². The van der Waals surface area contributed by atoms with Gasteiger partial charge in [0.05, 0.1) is 12.4 Å². The van der Waals surface area contributed by atoms with Crippen molar-refractivity contribution in [2.45, 2.75) is 44.9 Å². The second-order valence-electron chi connectivity index (χ2n) is 3.56. The average Bonchev–Trinajstić information content (AvgIpc) is 2.14. The largest absolute Gasteiger partial charge is 0.395 e. The van der Waals surface area contributed by atoms with Crippen molar-refractivity contribution in [1.82, 2.24) is 5.32 Å². The van der Waals surface area contributed by atoms with Gasteiger partial charge in [0.1, 0.15) is 0 Å². The predicted octanol–water partition coefficient (Wildman–Crippen LogP) is 1.41. The van der Waals surface area contributed by atoms with Crippen molar-refractivity contribution in [1.29, 1.82) is 0 Å². The van der Waals surface area contributed by atoms with Crippen molar-refractivity contribution >= 4 is 17.7 Å². The van der Waals surface area contributed by atoms with Gasteiger partial charge < -0.3 is 10.4 Å². The lowest BCUT2D eigenvalue weighted by atomic mass is 10.2. The van der Waals surface area contributed by atoms with Gasteiger partial charge in [0.2, 0.25) is 5.91 Å². The highest BCUT2D eigenvalue weighted by Crippen LogP contribution is 2.08. The van der Waals surface area contributed by atoms with Crippen LogP contribution in [0.3, 0.4) is 0 Å². The van der Waals surface area contributed by atoms with Gasteiger partial charge in [-0.3, -0.25) is 4.79 Å². The fourth-order valence-electron chi connectivity index (χ4n) is 1.09. The second kappa shape index (κ2) is 8.12. The SMILES string of the molecule is CCCC(C)NC(=O)CSC(C)CO. The molecular formula is C10H21NO2S. The quantitative estimate of drug-likeness (QED) is 0.680. The number of rotatable bonds is 7. The lowest BCUT2D eigenvalue weighted by Gasteiger charge is -2.13. The molecule has 0 aromatic carbocycles. The van der Waals surface area contributed by atoms with Gasteiger partial charge in [0.15, 0.2) is 0 Å². The van der Waals surface area contributed by atoms with Crippen molar-refractivity contribution in [2.75, 3.05) is 12.4 Å². The van der Waals surface area contributed by atoms with E-state index in [1.807, 2.05) is 13.8 Å². The van der Waals surface area contributed by atoms with Crippen LogP contribution in [0.2, 0.25) is 0 Å². The van der Waals surface area contributed by atoms with Gasteiger partial charge in [-0.25, -0.2) is 0 Å². The molecule has 2 unspecified atom stereocenters. The maximum absolute atomic E-state index is 11.3. The number of thioether (sulfide) groups is 1. The Hall–Kier alpha value is -0.220. The molecule has 2 atom stereocenters. The van der Waals surface area contributed by atoms with Gasteiger partial charge in [0.25, 0.3) is 0 Å². The van der Waals surface area contributed by atoms with Crippen LogP contribution in [0.5, 0.6) is 0 Å². The third-order valence-electron chi connectivity index (χ3n) is 1.89. The molecule has 0 fully saturated rings. The molecule has 4 heteroatoms. The van der Waals surface area contributed by atoms with E-state index in [0.717, 1.165) is 12.8 Å². The summed E-state index contributed by atoms with van der Waals surface area (Å²) in [4.78, 5) is 11.3. The number of carbonyl (C=O) groups excluding carboxylic acids is 1. The van der Waals surface area contributed by atoms with Crippen molar-refractivity contribution in [2.24, 2.45) is 0 Å². The molecule has 0 aliphatic heterocycles. The molecule has 0 rings (SSSR count). The monoisotopic (exact) mass is 219 g/mol. The van der Waals surface area contributed by atoms with E-state index in [0.29, 0.717) is 5.75 Å². The number of amides is 1. The normalized spacial score (nSPS) is 14.9. The van der Waals surface area contributed by atoms with Crippen LogP contribution in [-0.4, -0.2) is 34.7 Å². The molecule has 84 valence electrons. The van der Waals surface area contributed by atoms with Gasteiger partial charge in [-0.15, -0.1) is 11.8 Å². The number of aliphatic hydroxyl groups is 1. The summed E-state index contributed by atoms with van der Waals surface area (Å²) >= 11 is 1.48. The Morgan fingerprint density at radius 2 is 2.14 bits per heavy atom. The zero-order chi connectivity index (χ0) is 11.0. The molecule has 0 bridgehead atoms. The first-order valence-electron chi connectivity index (χ1n) is 5.12. The van der Waals surface area contributed by atoms with Gasteiger partial charge in [-0.2, -0.15) is 0 Å². The highest BCUT2D eigenvalue weighted by Gasteiger charge is 2.08. The molecule has 0 aromatic rings. The Morgan fingerprint density at radius 1 is 1.50 bits per heavy atom. The molecule has 1 amide bonds. The molecule has 0 saturated heterocycles. The van der Waals surface area contributed by atoms with Crippen molar-refractivity contribution in [3.8, 4) is 0 Å². The molecular weight excluding hydrogens is 198 g/mol. The summed E-state index contributed by atoms with van der Waals surface area (Å²) in [6.07, 6.45) is 2.10. The molecule has 0 radical (unpaired) electrons. The number of hydrogen-bond acceptors (Lipinski definition) is 3. The van der Waals surface area contributed by atoms with Crippen LogP contribution in [0.15, 0.2) is 0 Å². The van der Waals surface area contributed by atoms with E-state index in [-0.39, 0.29) is 23.8 Å². The Bertz CT molecular complexity index is 164. The minimum atomic E-state index is 0.0660. The first kappa shape index (κ1) is 13.8. The number of hydrogen-bond donors (Lipinski definition) is 2. The second-order valence-corrected chi connectivity index (χ2v) is 4.99. The third-order valence-corrected chi connectivity index (χ3v) is 3.03. The Balaban J connectivity index is 3.54. The Morgan fingerprint density at radius 3 is 2.64 bits per heavy atom. The molecule has 2 N–H and O–H groups in total. The average molecular weight is 219 g/mol. The first-order valence-corrected chi connectivity index (χ1v) is 6.16. The van der Waals surface area contributed by atoms with Crippen LogP contribution >= 0.6 is 11.8 Å². The highest BCUT2D eigenvalue weighted by molar-refractivity contribution is 8.00. The molecule has 0 heterocycles. The Labute approximate surface area is 90.7 Å². The van der Waals surface area contributed by atoms with Gasteiger partial charge in [-0.1, -0.05) is 20.3 Å². The smallest absolute Gasteiger partial charge is 0.230 e. The summed E-state index contributed by atoms with van der Waals surface area (Å²) in [6.45, 7) is 6.16. The summed E-state index contributed by atoms with van der Waals surface area (Å²) < 4.78 is 0. The van der Waals surface area contributed by atoms with E-state index in [9.17, 15) is 4.79 Å².